The Morgan fingerprint density at radius 3 is 2.74 bits per heavy atom. The fourth-order valence-corrected chi connectivity index (χ4v) is 2.14. The quantitative estimate of drug-likeness (QED) is 0.687. The zero-order valence-electron chi connectivity index (χ0n) is 12.1. The first-order valence-electron chi connectivity index (χ1n) is 6.62. The van der Waals surface area contributed by atoms with E-state index in [0.717, 1.165) is 0 Å². The first-order chi connectivity index (χ1) is 11.1. The van der Waals surface area contributed by atoms with Crippen LogP contribution in [0.2, 0.25) is 0 Å². The summed E-state index contributed by atoms with van der Waals surface area (Å²) in [6, 6.07) is 8.71. The van der Waals surface area contributed by atoms with Crippen LogP contribution >= 0.6 is 0 Å². The summed E-state index contributed by atoms with van der Waals surface area (Å²) in [5, 5.41) is 13.5. The molecule has 0 saturated heterocycles. The van der Waals surface area contributed by atoms with E-state index in [9.17, 15) is 14.9 Å². The second-order valence-electron chi connectivity index (χ2n) is 4.66. The average Bonchev–Trinajstić information content (AvgIpc) is 3.02. The van der Waals surface area contributed by atoms with Crippen molar-refractivity contribution < 1.29 is 23.9 Å². The number of nitrogens with zero attached hydrogens (tertiary/aromatic N) is 1. The van der Waals surface area contributed by atoms with E-state index in [-0.39, 0.29) is 18.2 Å². The maximum Gasteiger partial charge on any atom is 0.271 e. The lowest BCUT2D eigenvalue weighted by Gasteiger charge is -2.10. The minimum Gasteiger partial charge on any atom is -0.495 e. The number of non-ortho nitro benzene ring substituents is 1. The maximum absolute atomic E-state index is 12.3. The van der Waals surface area contributed by atoms with E-state index in [1.54, 1.807) is 18.2 Å². The van der Waals surface area contributed by atoms with Gasteiger partial charge < -0.3 is 19.5 Å². The minimum atomic E-state index is -0.546. The number of nitrogens with one attached hydrogen (secondary N) is 1. The molecule has 1 aliphatic rings. The normalized spacial score (nSPS) is 11.9. The Bertz CT molecular complexity index is 790. The molecule has 2 aromatic carbocycles. The van der Waals surface area contributed by atoms with Gasteiger partial charge in [0.25, 0.3) is 11.6 Å². The lowest BCUT2D eigenvalue weighted by Crippen LogP contribution is -2.12. The topological polar surface area (TPSA) is 99.9 Å². The highest BCUT2D eigenvalue weighted by Crippen LogP contribution is 2.33. The van der Waals surface area contributed by atoms with E-state index in [1.165, 1.54) is 25.3 Å². The summed E-state index contributed by atoms with van der Waals surface area (Å²) in [5.41, 5.74) is 0.402. The number of nitro groups is 1. The summed E-state index contributed by atoms with van der Waals surface area (Å²) in [6.07, 6.45) is 0. The first-order valence-corrected chi connectivity index (χ1v) is 6.62. The Kier molecular flexibility index (Phi) is 3.71. The molecule has 118 valence electrons. The van der Waals surface area contributed by atoms with Gasteiger partial charge in [-0.1, -0.05) is 0 Å². The zero-order valence-corrected chi connectivity index (χ0v) is 12.1. The fraction of sp³-hybridized carbons (Fsp3) is 0.133. The zero-order chi connectivity index (χ0) is 16.4. The number of hydrogen-bond donors (Lipinski definition) is 1. The van der Waals surface area contributed by atoms with Crippen molar-refractivity contribution in [2.75, 3.05) is 19.2 Å². The van der Waals surface area contributed by atoms with Crippen molar-refractivity contribution in [3.05, 3.63) is 52.1 Å². The molecule has 2 aromatic rings. The van der Waals surface area contributed by atoms with Crippen LogP contribution in [0.15, 0.2) is 36.4 Å². The van der Waals surface area contributed by atoms with Crippen LogP contribution in [-0.4, -0.2) is 24.7 Å². The fourth-order valence-electron chi connectivity index (χ4n) is 2.14. The molecule has 1 N–H and O–H groups in total. The van der Waals surface area contributed by atoms with E-state index < -0.39 is 10.8 Å². The molecular weight excluding hydrogens is 304 g/mol. The molecule has 8 heteroatoms. The van der Waals surface area contributed by atoms with Crippen LogP contribution in [-0.2, 0) is 0 Å². The highest BCUT2D eigenvalue weighted by Gasteiger charge is 2.18. The number of carbonyl (C=O) groups excluding carboxylic acids is 1. The first kappa shape index (κ1) is 14.6. The lowest BCUT2D eigenvalue weighted by molar-refractivity contribution is -0.384. The SMILES string of the molecule is COc1ccc([N+](=O)[O-])cc1NC(=O)c1ccc2c(c1)OCO2. The molecule has 1 aliphatic heterocycles. The van der Waals surface area contributed by atoms with Crippen molar-refractivity contribution in [1.82, 2.24) is 0 Å². The van der Waals surface area contributed by atoms with Crippen molar-refractivity contribution in [3.8, 4) is 17.2 Å². The van der Waals surface area contributed by atoms with Gasteiger partial charge in [-0.3, -0.25) is 14.9 Å². The van der Waals surface area contributed by atoms with Crippen molar-refractivity contribution in [2.45, 2.75) is 0 Å². The third-order valence-electron chi connectivity index (χ3n) is 3.28. The second kappa shape index (κ2) is 5.84. The van der Waals surface area contributed by atoms with Gasteiger partial charge in [0.2, 0.25) is 6.79 Å². The van der Waals surface area contributed by atoms with Gasteiger partial charge in [-0.15, -0.1) is 0 Å². The number of methoxy groups -OCH3 is 1. The van der Waals surface area contributed by atoms with E-state index in [1.807, 2.05) is 0 Å². The standard InChI is InChI=1S/C15H12N2O6/c1-21-12-5-3-10(17(19)20)7-11(12)16-15(18)9-2-4-13-14(6-9)23-8-22-13/h2-7H,8H2,1H3,(H,16,18). The molecule has 0 atom stereocenters. The van der Waals surface area contributed by atoms with Gasteiger partial charge in [-0.2, -0.15) is 0 Å². The Balaban J connectivity index is 1.87. The number of benzene rings is 2. The van der Waals surface area contributed by atoms with E-state index >= 15 is 0 Å². The van der Waals surface area contributed by atoms with Gasteiger partial charge in [0, 0.05) is 17.7 Å². The molecule has 1 heterocycles. The smallest absolute Gasteiger partial charge is 0.271 e. The van der Waals surface area contributed by atoms with E-state index in [0.29, 0.717) is 22.8 Å². The van der Waals surface area contributed by atoms with Crippen LogP contribution in [0.4, 0.5) is 11.4 Å². The van der Waals surface area contributed by atoms with Crippen LogP contribution in [0.5, 0.6) is 17.2 Å². The van der Waals surface area contributed by atoms with Crippen LogP contribution in [0.1, 0.15) is 10.4 Å². The highest BCUT2D eigenvalue weighted by atomic mass is 16.7. The Labute approximate surface area is 130 Å². The molecule has 0 radical (unpaired) electrons. The van der Waals surface area contributed by atoms with Gasteiger partial charge in [0.1, 0.15) is 5.75 Å². The van der Waals surface area contributed by atoms with Gasteiger partial charge >= 0.3 is 0 Å². The van der Waals surface area contributed by atoms with Gasteiger partial charge in [0.05, 0.1) is 17.7 Å². The van der Waals surface area contributed by atoms with Crippen LogP contribution in [0.25, 0.3) is 0 Å². The predicted molar refractivity (Wildman–Crippen MR) is 80.2 cm³/mol. The molecule has 0 bridgehead atoms. The van der Waals surface area contributed by atoms with Crippen molar-refractivity contribution in [3.63, 3.8) is 0 Å². The number of hydrogen-bond acceptors (Lipinski definition) is 6. The number of anilines is 1. The van der Waals surface area contributed by atoms with Gasteiger partial charge in [0.15, 0.2) is 11.5 Å². The van der Waals surface area contributed by atoms with Crippen molar-refractivity contribution in [1.29, 1.82) is 0 Å². The summed E-state index contributed by atoms with van der Waals surface area (Å²) in [5.74, 6) is 0.921. The molecule has 0 fully saturated rings. The average molecular weight is 316 g/mol. The summed E-state index contributed by atoms with van der Waals surface area (Å²) in [7, 11) is 1.41. The van der Waals surface area contributed by atoms with Crippen LogP contribution in [0.3, 0.4) is 0 Å². The molecule has 3 rings (SSSR count). The third-order valence-corrected chi connectivity index (χ3v) is 3.28. The molecular formula is C15H12N2O6. The monoisotopic (exact) mass is 316 g/mol. The summed E-state index contributed by atoms with van der Waals surface area (Å²) in [6.45, 7) is 0.110. The molecule has 1 amide bonds. The van der Waals surface area contributed by atoms with Crippen molar-refractivity contribution in [2.24, 2.45) is 0 Å². The van der Waals surface area contributed by atoms with E-state index in [2.05, 4.69) is 5.32 Å². The summed E-state index contributed by atoms with van der Waals surface area (Å²) < 4.78 is 15.5. The Morgan fingerprint density at radius 1 is 1.22 bits per heavy atom. The highest BCUT2D eigenvalue weighted by molar-refractivity contribution is 6.05. The largest absolute Gasteiger partial charge is 0.495 e. The van der Waals surface area contributed by atoms with Crippen LogP contribution < -0.4 is 19.5 Å². The lowest BCUT2D eigenvalue weighted by atomic mass is 10.1. The number of amides is 1. The number of ether oxygens (including phenoxy) is 3. The Hall–Kier alpha value is -3.29. The number of rotatable bonds is 4. The van der Waals surface area contributed by atoms with Gasteiger partial charge in [-0.05, 0) is 24.3 Å². The number of carbonyl (C=O) groups is 1. The molecule has 0 unspecified atom stereocenters. The molecule has 0 saturated carbocycles. The molecule has 0 aliphatic carbocycles. The maximum atomic E-state index is 12.3. The number of nitro benzene ring substituents is 1. The third kappa shape index (κ3) is 2.86. The van der Waals surface area contributed by atoms with Gasteiger partial charge in [-0.25, -0.2) is 0 Å². The molecule has 0 spiro atoms. The Morgan fingerprint density at radius 2 is 2.00 bits per heavy atom. The minimum absolute atomic E-state index is 0.110. The molecule has 8 nitrogen and oxygen atoms in total. The second-order valence-corrected chi connectivity index (χ2v) is 4.66. The van der Waals surface area contributed by atoms with Crippen molar-refractivity contribution >= 4 is 17.3 Å². The summed E-state index contributed by atoms with van der Waals surface area (Å²) in [4.78, 5) is 22.6. The molecule has 23 heavy (non-hydrogen) atoms. The number of fused-ring (bicyclic) bond motifs is 1. The predicted octanol–water partition coefficient (Wildman–Crippen LogP) is 2.58. The molecule has 0 aromatic heterocycles. The van der Waals surface area contributed by atoms with Crippen LogP contribution in [0, 0.1) is 10.1 Å². The van der Waals surface area contributed by atoms with E-state index in [4.69, 9.17) is 14.2 Å². The summed E-state index contributed by atoms with van der Waals surface area (Å²) >= 11 is 0.